The number of benzene rings is 2. The van der Waals surface area contributed by atoms with Gasteiger partial charge < -0.3 is 0 Å². The van der Waals surface area contributed by atoms with Gasteiger partial charge in [-0.1, -0.05) is 60.7 Å². The number of carbonyl (C=O) groups excluding carboxylic acids is 2. The molecule has 0 unspecified atom stereocenters. The molecule has 0 saturated heterocycles. The van der Waals surface area contributed by atoms with Gasteiger partial charge in [0.25, 0.3) is 5.91 Å². The molecule has 0 aliphatic heterocycles. The topological polar surface area (TPSA) is 48.2 Å². The first kappa shape index (κ1) is 15.0. The zero-order valence-electron chi connectivity index (χ0n) is 11.9. The Morgan fingerprint density at radius 2 is 1.33 bits per heavy atom. The third-order valence-electron chi connectivity index (χ3n) is 3.15. The number of hydrogen-bond acceptors (Lipinski definition) is 2. The lowest BCUT2D eigenvalue weighted by molar-refractivity contribution is -0.130. The summed E-state index contributed by atoms with van der Waals surface area (Å²) in [6.45, 7) is 0. The van der Waals surface area contributed by atoms with Crippen molar-refractivity contribution in [1.29, 1.82) is 0 Å². The summed E-state index contributed by atoms with van der Waals surface area (Å²) in [5, 5.41) is 3.63. The van der Waals surface area contributed by atoms with Crippen LogP contribution in [0.1, 0.15) is 24.0 Å². The van der Waals surface area contributed by atoms with Crippen molar-refractivity contribution in [1.82, 2.24) is 5.32 Å². The number of hydrogen-bond donors (Lipinski definition) is 0. The first-order valence-corrected chi connectivity index (χ1v) is 7.09. The molecule has 0 fully saturated rings. The van der Waals surface area contributed by atoms with Crippen molar-refractivity contribution in [2.24, 2.45) is 0 Å². The van der Waals surface area contributed by atoms with Crippen LogP contribution in [0.3, 0.4) is 0 Å². The molecule has 0 atom stereocenters. The van der Waals surface area contributed by atoms with Crippen molar-refractivity contribution in [2.75, 3.05) is 0 Å². The van der Waals surface area contributed by atoms with E-state index in [2.05, 4.69) is 5.32 Å². The van der Waals surface area contributed by atoms with Crippen molar-refractivity contribution in [2.45, 2.75) is 25.7 Å². The van der Waals surface area contributed by atoms with Crippen molar-refractivity contribution >= 4 is 11.8 Å². The maximum absolute atomic E-state index is 11.7. The molecule has 0 bridgehead atoms. The van der Waals surface area contributed by atoms with E-state index in [1.165, 1.54) is 5.56 Å². The van der Waals surface area contributed by atoms with Crippen LogP contribution in [0.2, 0.25) is 0 Å². The first-order chi connectivity index (χ1) is 10.2. The van der Waals surface area contributed by atoms with E-state index in [1.807, 2.05) is 60.7 Å². The maximum atomic E-state index is 11.7. The van der Waals surface area contributed by atoms with Crippen LogP contribution in [-0.2, 0) is 22.4 Å². The summed E-state index contributed by atoms with van der Waals surface area (Å²) in [6.07, 6.45) is 2.04. The molecule has 1 radical (unpaired) electrons. The van der Waals surface area contributed by atoms with E-state index in [4.69, 9.17) is 0 Å². The summed E-state index contributed by atoms with van der Waals surface area (Å²) >= 11 is 0. The van der Waals surface area contributed by atoms with Crippen LogP contribution in [-0.4, -0.2) is 11.8 Å². The highest BCUT2D eigenvalue weighted by Crippen LogP contribution is 2.05. The quantitative estimate of drug-likeness (QED) is 0.817. The van der Waals surface area contributed by atoms with Gasteiger partial charge in [0.2, 0.25) is 5.91 Å². The lowest BCUT2D eigenvalue weighted by Gasteiger charge is -2.02. The van der Waals surface area contributed by atoms with Gasteiger partial charge in [0.1, 0.15) is 0 Å². The Labute approximate surface area is 125 Å². The fourth-order valence-corrected chi connectivity index (χ4v) is 2.09. The van der Waals surface area contributed by atoms with Crippen molar-refractivity contribution in [3.05, 3.63) is 71.8 Å². The normalized spacial score (nSPS) is 10.1. The highest BCUT2D eigenvalue weighted by molar-refractivity contribution is 5.95. The third kappa shape index (κ3) is 5.61. The van der Waals surface area contributed by atoms with Crippen LogP contribution in [0.5, 0.6) is 0 Å². The number of amides is 2. The number of imide groups is 1. The summed E-state index contributed by atoms with van der Waals surface area (Å²) in [4.78, 5) is 23.3. The van der Waals surface area contributed by atoms with Gasteiger partial charge in [-0.2, -0.15) is 5.32 Å². The standard InChI is InChI=1S/C18H18NO2/c20-17(13-7-12-15-8-3-1-4-9-15)19-18(21)14-16-10-5-2-6-11-16/h1-6,8-11H,7,12-14H2. The maximum Gasteiger partial charge on any atom is 0.253 e. The summed E-state index contributed by atoms with van der Waals surface area (Å²) < 4.78 is 0. The molecular formula is C18H18NO2. The van der Waals surface area contributed by atoms with E-state index in [1.54, 1.807) is 0 Å². The Kier molecular flexibility index (Phi) is 5.71. The zero-order chi connectivity index (χ0) is 14.9. The SMILES string of the molecule is O=C(CCCc1ccccc1)[N]C(=O)Cc1ccccc1. The smallest absolute Gasteiger partial charge is 0.253 e. The second-order valence-electron chi connectivity index (χ2n) is 4.90. The second kappa shape index (κ2) is 8.00. The number of carbonyl (C=O) groups is 2. The fraction of sp³-hybridized carbons (Fsp3) is 0.222. The molecule has 2 aromatic rings. The molecule has 21 heavy (non-hydrogen) atoms. The molecule has 2 amide bonds. The lowest BCUT2D eigenvalue weighted by Crippen LogP contribution is -2.24. The van der Waals surface area contributed by atoms with Crippen LogP contribution >= 0.6 is 0 Å². The van der Waals surface area contributed by atoms with E-state index in [-0.39, 0.29) is 18.2 Å². The van der Waals surface area contributed by atoms with Crippen LogP contribution in [0.25, 0.3) is 0 Å². The Morgan fingerprint density at radius 3 is 1.95 bits per heavy atom. The zero-order valence-corrected chi connectivity index (χ0v) is 11.9. The highest BCUT2D eigenvalue weighted by atomic mass is 16.2. The van der Waals surface area contributed by atoms with Gasteiger partial charge in [-0.25, -0.2) is 0 Å². The molecule has 0 aliphatic rings. The third-order valence-corrected chi connectivity index (χ3v) is 3.15. The number of aryl methyl sites for hydroxylation is 1. The highest BCUT2D eigenvalue weighted by Gasteiger charge is 2.10. The molecule has 3 nitrogen and oxygen atoms in total. The van der Waals surface area contributed by atoms with Gasteiger partial charge in [-0.05, 0) is 24.0 Å². The molecule has 2 rings (SSSR count). The largest absolute Gasteiger partial charge is 0.273 e. The Morgan fingerprint density at radius 1 is 0.762 bits per heavy atom. The lowest BCUT2D eigenvalue weighted by atomic mass is 10.1. The summed E-state index contributed by atoms with van der Waals surface area (Å²) in [5.74, 6) is -0.697. The van der Waals surface area contributed by atoms with E-state index in [9.17, 15) is 9.59 Å². The Hall–Kier alpha value is -2.42. The molecule has 0 spiro atoms. The van der Waals surface area contributed by atoms with Crippen molar-refractivity contribution in [3.8, 4) is 0 Å². The first-order valence-electron chi connectivity index (χ1n) is 7.09. The van der Waals surface area contributed by atoms with Gasteiger partial charge in [-0.3, -0.25) is 9.59 Å². The molecule has 0 aromatic heterocycles. The molecule has 107 valence electrons. The molecule has 0 aliphatic carbocycles. The van der Waals surface area contributed by atoms with Crippen molar-refractivity contribution in [3.63, 3.8) is 0 Å². The van der Waals surface area contributed by atoms with Gasteiger partial charge in [0, 0.05) is 6.42 Å². The van der Waals surface area contributed by atoms with E-state index in [0.717, 1.165) is 12.0 Å². The predicted octanol–water partition coefficient (Wildman–Crippen LogP) is 2.91. The van der Waals surface area contributed by atoms with Gasteiger partial charge in [-0.15, -0.1) is 0 Å². The summed E-state index contributed by atoms with van der Waals surface area (Å²) in [5.41, 5.74) is 2.07. The van der Waals surface area contributed by atoms with E-state index < -0.39 is 0 Å². The Bertz CT molecular complexity index is 579. The van der Waals surface area contributed by atoms with Crippen molar-refractivity contribution < 1.29 is 9.59 Å². The van der Waals surface area contributed by atoms with Gasteiger partial charge in [0.05, 0.1) is 6.42 Å². The predicted molar refractivity (Wildman–Crippen MR) is 81.7 cm³/mol. The van der Waals surface area contributed by atoms with E-state index in [0.29, 0.717) is 12.8 Å². The molecule has 0 heterocycles. The summed E-state index contributed by atoms with van der Waals surface area (Å²) in [6, 6.07) is 19.3. The fourth-order valence-electron chi connectivity index (χ4n) is 2.09. The van der Waals surface area contributed by atoms with Crippen LogP contribution in [0.4, 0.5) is 0 Å². The minimum atomic E-state index is -0.370. The minimum Gasteiger partial charge on any atom is -0.273 e. The molecular weight excluding hydrogens is 262 g/mol. The second-order valence-corrected chi connectivity index (χ2v) is 4.90. The van der Waals surface area contributed by atoms with E-state index >= 15 is 0 Å². The average molecular weight is 280 g/mol. The van der Waals surface area contributed by atoms with Crippen LogP contribution in [0, 0.1) is 0 Å². The average Bonchev–Trinajstić information content (AvgIpc) is 2.49. The van der Waals surface area contributed by atoms with Gasteiger partial charge in [0.15, 0.2) is 0 Å². The van der Waals surface area contributed by atoms with Crippen LogP contribution in [0.15, 0.2) is 60.7 Å². The summed E-state index contributed by atoms with van der Waals surface area (Å²) in [7, 11) is 0. The minimum absolute atomic E-state index is 0.186. The number of rotatable bonds is 6. The molecule has 0 N–H and O–H groups in total. The molecule has 2 aromatic carbocycles. The molecule has 0 saturated carbocycles. The monoisotopic (exact) mass is 280 g/mol. The van der Waals surface area contributed by atoms with Gasteiger partial charge >= 0.3 is 0 Å². The molecule has 3 heteroatoms. The number of nitrogens with zero attached hydrogens (tertiary/aromatic N) is 1. The Balaban J connectivity index is 1.68. The van der Waals surface area contributed by atoms with Crippen LogP contribution < -0.4 is 5.32 Å².